The summed E-state index contributed by atoms with van der Waals surface area (Å²) in [7, 11) is -2.33. The molecule has 0 bridgehead atoms. The van der Waals surface area contributed by atoms with Crippen LogP contribution in [-0.2, 0) is 24.3 Å². The molecule has 2 heterocycles. The van der Waals surface area contributed by atoms with E-state index in [1.807, 2.05) is 0 Å². The van der Waals surface area contributed by atoms with E-state index in [2.05, 4.69) is 14.9 Å². The molecule has 1 saturated heterocycles. The van der Waals surface area contributed by atoms with E-state index in [4.69, 9.17) is 4.74 Å². The van der Waals surface area contributed by atoms with E-state index in [0.29, 0.717) is 5.69 Å². The predicted octanol–water partition coefficient (Wildman–Crippen LogP) is -0.329. The number of H-pyrrole nitrogens is 1. The van der Waals surface area contributed by atoms with Gasteiger partial charge in [-0.25, -0.2) is 8.42 Å². The average molecular weight is 303 g/mol. The zero-order valence-corrected chi connectivity index (χ0v) is 12.1. The number of ether oxygens (including phenoxy) is 2. The normalized spacial score (nSPS) is 20.8. The van der Waals surface area contributed by atoms with Gasteiger partial charge in [0.15, 0.2) is 0 Å². The maximum Gasteiger partial charge on any atom is 0.308 e. The van der Waals surface area contributed by atoms with Crippen LogP contribution in [0.15, 0.2) is 11.1 Å². The summed E-state index contributed by atoms with van der Waals surface area (Å²) in [5, 5.41) is 6.33. The summed E-state index contributed by atoms with van der Waals surface area (Å²) in [5.74, 6) is -0.422. The Morgan fingerprint density at radius 1 is 1.65 bits per heavy atom. The molecule has 0 aromatic carbocycles. The minimum absolute atomic E-state index is 0.0346. The number of sulfonamides is 1. The van der Waals surface area contributed by atoms with Crippen LogP contribution < -0.4 is 0 Å². The standard InChI is InChI=1S/C11H17N3O5S/c1-8-10(6-12-13-8)20(16,17)14-3-4-19-9(7-14)5-11(15)18-2/h6,9H,3-5,7H2,1-2H3,(H,12,13). The van der Waals surface area contributed by atoms with Gasteiger partial charge in [-0.05, 0) is 6.92 Å². The summed E-state index contributed by atoms with van der Waals surface area (Å²) < 4.78 is 36.2. The Labute approximate surface area is 117 Å². The minimum Gasteiger partial charge on any atom is -0.469 e. The fraction of sp³-hybridized carbons (Fsp3) is 0.636. The van der Waals surface area contributed by atoms with Gasteiger partial charge < -0.3 is 9.47 Å². The van der Waals surface area contributed by atoms with Crippen molar-refractivity contribution < 1.29 is 22.7 Å². The lowest BCUT2D eigenvalue weighted by Gasteiger charge is -2.31. The van der Waals surface area contributed by atoms with Gasteiger partial charge in [-0.1, -0.05) is 0 Å². The van der Waals surface area contributed by atoms with Gasteiger partial charge in [0.1, 0.15) is 4.90 Å². The van der Waals surface area contributed by atoms with Crippen molar-refractivity contribution in [3.05, 3.63) is 11.9 Å². The molecule has 2 rings (SSSR count). The highest BCUT2D eigenvalue weighted by molar-refractivity contribution is 7.89. The lowest BCUT2D eigenvalue weighted by molar-refractivity contribution is -0.145. The first kappa shape index (κ1) is 14.9. The molecule has 0 saturated carbocycles. The number of aryl methyl sites for hydroxylation is 1. The van der Waals surface area contributed by atoms with Crippen molar-refractivity contribution in [3.63, 3.8) is 0 Å². The van der Waals surface area contributed by atoms with Crippen molar-refractivity contribution in [1.82, 2.24) is 14.5 Å². The Morgan fingerprint density at radius 3 is 3.00 bits per heavy atom. The van der Waals surface area contributed by atoms with E-state index >= 15 is 0 Å². The van der Waals surface area contributed by atoms with Gasteiger partial charge in [0.25, 0.3) is 0 Å². The molecule has 1 aromatic rings. The van der Waals surface area contributed by atoms with Crippen LogP contribution >= 0.6 is 0 Å². The van der Waals surface area contributed by atoms with Crippen molar-refractivity contribution in [2.24, 2.45) is 0 Å². The Hall–Kier alpha value is -1.45. The third kappa shape index (κ3) is 3.00. The Balaban J connectivity index is 2.13. The Bertz CT molecular complexity index is 583. The molecule has 1 N–H and O–H groups in total. The zero-order valence-electron chi connectivity index (χ0n) is 11.3. The maximum absolute atomic E-state index is 12.5. The third-order valence-electron chi connectivity index (χ3n) is 3.13. The second kappa shape index (κ2) is 5.90. The number of nitrogens with zero attached hydrogens (tertiary/aromatic N) is 2. The Kier molecular flexibility index (Phi) is 4.41. The van der Waals surface area contributed by atoms with Crippen LogP contribution in [0.1, 0.15) is 12.1 Å². The molecular weight excluding hydrogens is 286 g/mol. The highest BCUT2D eigenvalue weighted by Crippen LogP contribution is 2.21. The van der Waals surface area contributed by atoms with Crippen LogP contribution in [0.3, 0.4) is 0 Å². The first-order valence-corrected chi connectivity index (χ1v) is 7.57. The number of carbonyl (C=O) groups is 1. The fourth-order valence-corrected chi connectivity index (χ4v) is 3.62. The molecule has 9 heteroatoms. The minimum atomic E-state index is -3.62. The lowest BCUT2D eigenvalue weighted by atomic mass is 10.2. The molecule has 1 fully saturated rings. The van der Waals surface area contributed by atoms with Crippen molar-refractivity contribution in [2.75, 3.05) is 26.8 Å². The van der Waals surface area contributed by atoms with E-state index in [0.717, 1.165) is 0 Å². The number of hydrogen-bond donors (Lipinski definition) is 1. The zero-order chi connectivity index (χ0) is 14.8. The third-order valence-corrected chi connectivity index (χ3v) is 5.10. The number of morpholine rings is 1. The average Bonchev–Trinajstić information content (AvgIpc) is 2.86. The van der Waals surface area contributed by atoms with Crippen LogP contribution in [-0.4, -0.2) is 61.8 Å². The summed E-state index contributed by atoms with van der Waals surface area (Å²) >= 11 is 0. The smallest absolute Gasteiger partial charge is 0.308 e. The number of rotatable bonds is 4. The quantitative estimate of drug-likeness (QED) is 0.764. The molecule has 0 radical (unpaired) electrons. The fourth-order valence-electron chi connectivity index (χ4n) is 2.04. The van der Waals surface area contributed by atoms with Crippen molar-refractivity contribution >= 4 is 16.0 Å². The van der Waals surface area contributed by atoms with Gasteiger partial charge in [-0.2, -0.15) is 9.40 Å². The molecule has 112 valence electrons. The van der Waals surface area contributed by atoms with Crippen LogP contribution in [0.25, 0.3) is 0 Å². The summed E-state index contributed by atoms with van der Waals surface area (Å²) in [6.45, 7) is 2.27. The molecule has 1 unspecified atom stereocenters. The van der Waals surface area contributed by atoms with Gasteiger partial charge in [0.2, 0.25) is 10.0 Å². The second-order valence-corrected chi connectivity index (χ2v) is 6.40. The van der Waals surface area contributed by atoms with Crippen molar-refractivity contribution in [3.8, 4) is 0 Å². The van der Waals surface area contributed by atoms with Crippen LogP contribution in [0, 0.1) is 6.92 Å². The molecule has 1 aromatic heterocycles. The van der Waals surface area contributed by atoms with E-state index in [-0.39, 0.29) is 31.0 Å². The molecule has 20 heavy (non-hydrogen) atoms. The maximum atomic E-state index is 12.5. The summed E-state index contributed by atoms with van der Waals surface area (Å²) in [6.07, 6.45) is 0.834. The predicted molar refractivity (Wildman–Crippen MR) is 68.5 cm³/mol. The van der Waals surface area contributed by atoms with E-state index in [1.54, 1.807) is 6.92 Å². The lowest BCUT2D eigenvalue weighted by Crippen LogP contribution is -2.46. The number of carbonyl (C=O) groups excluding carboxylic acids is 1. The number of aromatic amines is 1. The first-order chi connectivity index (χ1) is 9.45. The van der Waals surface area contributed by atoms with Crippen LogP contribution in [0.2, 0.25) is 0 Å². The molecule has 1 atom stereocenters. The van der Waals surface area contributed by atoms with E-state index in [1.165, 1.54) is 17.6 Å². The summed E-state index contributed by atoms with van der Waals surface area (Å²) in [5.41, 5.74) is 0.487. The number of aromatic nitrogens is 2. The van der Waals surface area contributed by atoms with Crippen LogP contribution in [0.4, 0.5) is 0 Å². The van der Waals surface area contributed by atoms with E-state index in [9.17, 15) is 13.2 Å². The van der Waals surface area contributed by atoms with Crippen molar-refractivity contribution in [1.29, 1.82) is 0 Å². The van der Waals surface area contributed by atoms with E-state index < -0.39 is 22.1 Å². The number of esters is 1. The van der Waals surface area contributed by atoms with Gasteiger partial charge in [0, 0.05) is 13.1 Å². The number of nitrogens with one attached hydrogen (secondary N) is 1. The molecule has 0 amide bonds. The second-order valence-electron chi connectivity index (χ2n) is 4.50. The highest BCUT2D eigenvalue weighted by Gasteiger charge is 2.33. The molecule has 0 aliphatic carbocycles. The first-order valence-electron chi connectivity index (χ1n) is 6.13. The molecule has 1 aliphatic heterocycles. The van der Waals surface area contributed by atoms with Gasteiger partial charge in [0.05, 0.1) is 38.1 Å². The number of hydrogen-bond acceptors (Lipinski definition) is 6. The Morgan fingerprint density at radius 2 is 2.40 bits per heavy atom. The largest absolute Gasteiger partial charge is 0.469 e. The van der Waals surface area contributed by atoms with Gasteiger partial charge in [-0.3, -0.25) is 9.89 Å². The molecule has 0 spiro atoms. The topological polar surface area (TPSA) is 102 Å². The van der Waals surface area contributed by atoms with Crippen LogP contribution in [0.5, 0.6) is 0 Å². The summed E-state index contributed by atoms with van der Waals surface area (Å²) in [6, 6.07) is 0. The van der Waals surface area contributed by atoms with Gasteiger partial charge in [-0.15, -0.1) is 0 Å². The SMILES string of the molecule is COC(=O)CC1CN(S(=O)(=O)c2cn[nH]c2C)CCO1. The monoisotopic (exact) mass is 303 g/mol. The molecule has 1 aliphatic rings. The number of methoxy groups -OCH3 is 1. The van der Waals surface area contributed by atoms with Crippen molar-refractivity contribution in [2.45, 2.75) is 24.3 Å². The molecular formula is C11H17N3O5S. The summed E-state index contributed by atoms with van der Waals surface area (Å²) in [4.78, 5) is 11.4. The highest BCUT2D eigenvalue weighted by atomic mass is 32.2. The molecule has 8 nitrogen and oxygen atoms in total. The van der Waals surface area contributed by atoms with Gasteiger partial charge >= 0.3 is 5.97 Å².